The molecule has 0 fully saturated rings. The van der Waals surface area contributed by atoms with Gasteiger partial charge in [0, 0.05) is 20.0 Å². The van der Waals surface area contributed by atoms with Crippen LogP contribution in [-0.4, -0.2) is 43.3 Å². The van der Waals surface area contributed by atoms with Crippen molar-refractivity contribution < 1.29 is 14.7 Å². The van der Waals surface area contributed by atoms with E-state index in [-0.39, 0.29) is 17.2 Å². The fraction of sp³-hybridized carbons (Fsp3) is 0.308. The number of hydrogen-bond acceptors (Lipinski definition) is 5. The number of nitrogens with zero attached hydrogens (tertiary/aromatic N) is 4. The van der Waals surface area contributed by atoms with Gasteiger partial charge in [-0.05, 0) is 19.1 Å². The zero-order chi connectivity index (χ0) is 15.4. The number of aromatic carboxylic acids is 1. The van der Waals surface area contributed by atoms with Crippen molar-refractivity contribution in [2.75, 3.05) is 6.54 Å². The first-order valence-corrected chi connectivity index (χ1v) is 6.31. The number of rotatable bonds is 5. The molecule has 21 heavy (non-hydrogen) atoms. The highest BCUT2D eigenvalue weighted by molar-refractivity contribution is 5.94. The number of pyridine rings is 1. The molecule has 110 valence electrons. The third-order valence-corrected chi connectivity index (χ3v) is 2.83. The number of carbonyl (C=O) groups is 2. The van der Waals surface area contributed by atoms with Crippen LogP contribution in [0.3, 0.4) is 0 Å². The largest absolute Gasteiger partial charge is 0.478 e. The van der Waals surface area contributed by atoms with Gasteiger partial charge in [-0.1, -0.05) is 0 Å². The van der Waals surface area contributed by atoms with Crippen LogP contribution < -0.4 is 5.32 Å². The minimum atomic E-state index is -1.06. The van der Waals surface area contributed by atoms with Gasteiger partial charge in [0.05, 0.1) is 11.3 Å². The lowest BCUT2D eigenvalue weighted by Gasteiger charge is -2.05. The number of amides is 1. The van der Waals surface area contributed by atoms with Gasteiger partial charge in [-0.15, -0.1) is 0 Å². The molecule has 8 heteroatoms. The van der Waals surface area contributed by atoms with E-state index in [1.165, 1.54) is 12.1 Å². The van der Waals surface area contributed by atoms with E-state index in [0.29, 0.717) is 24.5 Å². The summed E-state index contributed by atoms with van der Waals surface area (Å²) in [6, 6.07) is 2.77. The predicted molar refractivity (Wildman–Crippen MR) is 73.0 cm³/mol. The quantitative estimate of drug-likeness (QED) is 0.813. The van der Waals surface area contributed by atoms with Crippen LogP contribution in [-0.2, 0) is 13.5 Å². The normalized spacial score (nSPS) is 10.4. The Balaban J connectivity index is 1.94. The SMILES string of the molecule is Cc1nc(C(=O)NCCc2ncn(C)n2)ccc1C(=O)O. The van der Waals surface area contributed by atoms with E-state index in [9.17, 15) is 9.59 Å². The van der Waals surface area contributed by atoms with Gasteiger partial charge in [-0.25, -0.2) is 14.8 Å². The minimum Gasteiger partial charge on any atom is -0.478 e. The summed E-state index contributed by atoms with van der Waals surface area (Å²) in [6.45, 7) is 1.93. The topological polar surface area (TPSA) is 110 Å². The van der Waals surface area contributed by atoms with E-state index >= 15 is 0 Å². The average Bonchev–Trinajstić information content (AvgIpc) is 2.83. The Hall–Kier alpha value is -2.77. The van der Waals surface area contributed by atoms with Crippen molar-refractivity contribution in [1.82, 2.24) is 25.1 Å². The lowest BCUT2D eigenvalue weighted by molar-refractivity contribution is 0.0694. The van der Waals surface area contributed by atoms with E-state index in [0.717, 1.165) is 0 Å². The molecule has 8 nitrogen and oxygen atoms in total. The molecule has 0 spiro atoms. The van der Waals surface area contributed by atoms with Crippen LogP contribution in [0, 0.1) is 6.92 Å². The smallest absolute Gasteiger partial charge is 0.337 e. The molecule has 0 bridgehead atoms. The molecular weight excluding hydrogens is 274 g/mol. The van der Waals surface area contributed by atoms with Crippen molar-refractivity contribution >= 4 is 11.9 Å². The van der Waals surface area contributed by atoms with E-state index in [2.05, 4.69) is 20.4 Å². The second-order valence-corrected chi connectivity index (χ2v) is 4.47. The molecule has 0 aliphatic heterocycles. The van der Waals surface area contributed by atoms with Crippen LogP contribution in [0.5, 0.6) is 0 Å². The third kappa shape index (κ3) is 3.62. The molecular formula is C13H15N5O3. The molecule has 0 saturated carbocycles. The van der Waals surface area contributed by atoms with Crippen molar-refractivity contribution in [2.24, 2.45) is 7.05 Å². The van der Waals surface area contributed by atoms with Gasteiger partial charge in [0.1, 0.15) is 12.0 Å². The van der Waals surface area contributed by atoms with Gasteiger partial charge in [-0.2, -0.15) is 5.10 Å². The van der Waals surface area contributed by atoms with Crippen molar-refractivity contribution in [2.45, 2.75) is 13.3 Å². The molecule has 0 unspecified atom stereocenters. The highest BCUT2D eigenvalue weighted by Crippen LogP contribution is 2.06. The first-order valence-electron chi connectivity index (χ1n) is 6.31. The maximum absolute atomic E-state index is 11.9. The summed E-state index contributed by atoms with van der Waals surface area (Å²) >= 11 is 0. The monoisotopic (exact) mass is 289 g/mol. The van der Waals surface area contributed by atoms with Crippen LogP contribution >= 0.6 is 0 Å². The lowest BCUT2D eigenvalue weighted by Crippen LogP contribution is -2.27. The summed E-state index contributed by atoms with van der Waals surface area (Å²) in [7, 11) is 1.77. The van der Waals surface area contributed by atoms with Crippen LogP contribution in [0.1, 0.15) is 32.4 Å². The van der Waals surface area contributed by atoms with Gasteiger partial charge in [0.15, 0.2) is 5.82 Å². The number of nitrogens with one attached hydrogen (secondary N) is 1. The summed E-state index contributed by atoms with van der Waals surface area (Å²) in [5.41, 5.74) is 0.581. The first-order chi connectivity index (χ1) is 9.97. The molecule has 0 aromatic carbocycles. The van der Waals surface area contributed by atoms with E-state index in [1.807, 2.05) is 0 Å². The number of carboxylic acid groups (broad SMARTS) is 1. The molecule has 0 radical (unpaired) electrons. The zero-order valence-corrected chi connectivity index (χ0v) is 11.7. The van der Waals surface area contributed by atoms with Gasteiger partial charge >= 0.3 is 5.97 Å². The standard InChI is InChI=1S/C13H15N5O3/c1-8-9(13(20)21)3-4-10(16-8)12(19)14-6-5-11-15-7-18(2)17-11/h3-4,7H,5-6H2,1-2H3,(H,14,19)(H,20,21). The molecule has 2 N–H and O–H groups in total. The van der Waals surface area contributed by atoms with Crippen LogP contribution in [0.25, 0.3) is 0 Å². The van der Waals surface area contributed by atoms with Gasteiger partial charge in [0.25, 0.3) is 5.91 Å². The lowest BCUT2D eigenvalue weighted by atomic mass is 10.2. The Labute approximate surface area is 120 Å². The fourth-order valence-corrected chi connectivity index (χ4v) is 1.79. The number of carbonyl (C=O) groups excluding carboxylic acids is 1. The molecule has 1 amide bonds. The summed E-state index contributed by atoms with van der Waals surface area (Å²) in [5.74, 6) is -0.776. The van der Waals surface area contributed by atoms with Crippen molar-refractivity contribution in [3.63, 3.8) is 0 Å². The summed E-state index contributed by atoms with van der Waals surface area (Å²) < 4.78 is 1.59. The van der Waals surface area contributed by atoms with Crippen LogP contribution in [0.2, 0.25) is 0 Å². The molecule has 0 atom stereocenters. The molecule has 0 saturated heterocycles. The summed E-state index contributed by atoms with van der Waals surface area (Å²) in [5, 5.41) is 15.7. The Bertz CT molecular complexity index is 680. The maximum Gasteiger partial charge on any atom is 0.337 e. The Morgan fingerprint density at radius 3 is 2.71 bits per heavy atom. The van der Waals surface area contributed by atoms with Crippen molar-refractivity contribution in [3.05, 3.63) is 41.2 Å². The van der Waals surface area contributed by atoms with Crippen LogP contribution in [0.4, 0.5) is 0 Å². The Morgan fingerprint density at radius 2 is 2.14 bits per heavy atom. The predicted octanol–water partition coefficient (Wildman–Crippen LogP) is 0.189. The van der Waals surface area contributed by atoms with Crippen LogP contribution in [0.15, 0.2) is 18.5 Å². The molecule has 0 aliphatic rings. The third-order valence-electron chi connectivity index (χ3n) is 2.83. The molecule has 2 rings (SSSR count). The van der Waals surface area contributed by atoms with Gasteiger partial charge in [0.2, 0.25) is 0 Å². The van der Waals surface area contributed by atoms with Gasteiger partial charge in [-0.3, -0.25) is 9.48 Å². The average molecular weight is 289 g/mol. The highest BCUT2D eigenvalue weighted by Gasteiger charge is 2.12. The van der Waals surface area contributed by atoms with E-state index in [1.54, 1.807) is 25.0 Å². The molecule has 2 aromatic rings. The minimum absolute atomic E-state index is 0.0873. The van der Waals surface area contributed by atoms with Crippen molar-refractivity contribution in [1.29, 1.82) is 0 Å². The number of aromatic nitrogens is 4. The number of carboxylic acids is 1. The maximum atomic E-state index is 11.9. The second-order valence-electron chi connectivity index (χ2n) is 4.47. The summed E-state index contributed by atoms with van der Waals surface area (Å²) in [6.07, 6.45) is 2.10. The highest BCUT2D eigenvalue weighted by atomic mass is 16.4. The van der Waals surface area contributed by atoms with E-state index < -0.39 is 5.97 Å². The molecule has 0 aliphatic carbocycles. The number of hydrogen-bond donors (Lipinski definition) is 2. The van der Waals surface area contributed by atoms with E-state index in [4.69, 9.17) is 5.11 Å². The zero-order valence-electron chi connectivity index (χ0n) is 11.7. The summed E-state index contributed by atoms with van der Waals surface area (Å²) in [4.78, 5) is 30.8. The second kappa shape index (κ2) is 6.12. The Morgan fingerprint density at radius 1 is 1.38 bits per heavy atom. The molecule has 2 aromatic heterocycles. The fourth-order valence-electron chi connectivity index (χ4n) is 1.79. The van der Waals surface area contributed by atoms with Crippen molar-refractivity contribution in [3.8, 4) is 0 Å². The first kappa shape index (κ1) is 14.6. The Kier molecular flexibility index (Phi) is 4.27. The number of aryl methyl sites for hydroxylation is 2. The van der Waals surface area contributed by atoms with Gasteiger partial charge < -0.3 is 10.4 Å². The molecule has 2 heterocycles.